The first-order chi connectivity index (χ1) is 13.6. The molecule has 6 nitrogen and oxygen atoms in total. The molecular formula is C22H24N4O2. The van der Waals surface area contributed by atoms with Gasteiger partial charge in [-0.3, -0.25) is 4.79 Å². The van der Waals surface area contributed by atoms with Crippen molar-refractivity contribution in [2.45, 2.75) is 27.2 Å². The number of rotatable bonds is 7. The van der Waals surface area contributed by atoms with Gasteiger partial charge in [0.2, 0.25) is 0 Å². The molecule has 0 unspecified atom stereocenters. The molecule has 144 valence electrons. The Morgan fingerprint density at radius 3 is 2.29 bits per heavy atom. The number of aryl methyl sites for hydroxylation is 2. The minimum Gasteiger partial charge on any atom is -0.494 e. The normalized spacial score (nSPS) is 10.4. The highest BCUT2D eigenvalue weighted by molar-refractivity contribution is 6.03. The zero-order chi connectivity index (χ0) is 19.9. The summed E-state index contributed by atoms with van der Waals surface area (Å²) in [7, 11) is 0. The number of nitrogens with zero attached hydrogens (tertiary/aromatic N) is 2. The minimum atomic E-state index is -0.274. The molecule has 0 saturated heterocycles. The lowest BCUT2D eigenvalue weighted by Gasteiger charge is -2.10. The smallest absolute Gasteiger partial charge is 0.274 e. The predicted octanol–water partition coefficient (Wildman–Crippen LogP) is 4.74. The topological polar surface area (TPSA) is 76.1 Å². The first-order valence-corrected chi connectivity index (χ1v) is 9.33. The molecule has 3 aromatic rings. The molecule has 0 atom stereocenters. The zero-order valence-electron chi connectivity index (χ0n) is 16.3. The van der Waals surface area contributed by atoms with E-state index in [1.54, 1.807) is 13.0 Å². The summed E-state index contributed by atoms with van der Waals surface area (Å²) in [6, 6.07) is 17.0. The summed E-state index contributed by atoms with van der Waals surface area (Å²) >= 11 is 0. The molecule has 0 aliphatic rings. The van der Waals surface area contributed by atoms with Gasteiger partial charge in [0.05, 0.1) is 6.61 Å². The number of nitrogens with one attached hydrogen (secondary N) is 2. The molecule has 28 heavy (non-hydrogen) atoms. The van der Waals surface area contributed by atoms with E-state index < -0.39 is 0 Å². The maximum atomic E-state index is 12.6. The standard InChI is InChI=1S/C22H24N4O2/c1-4-16-6-8-18(9-7-16)26-22(27)20-14-21(24-15(3)23-20)25-17-10-12-19(13-11-17)28-5-2/h6-14H,4-5H2,1-3H3,(H,26,27)(H,23,24,25). The molecule has 0 radical (unpaired) electrons. The monoisotopic (exact) mass is 376 g/mol. The summed E-state index contributed by atoms with van der Waals surface area (Å²) in [6.07, 6.45) is 0.958. The lowest BCUT2D eigenvalue weighted by Crippen LogP contribution is -2.15. The molecule has 0 aliphatic carbocycles. The summed E-state index contributed by atoms with van der Waals surface area (Å²) in [5.74, 6) is 1.61. The van der Waals surface area contributed by atoms with Gasteiger partial charge in [0.25, 0.3) is 5.91 Å². The second-order valence-electron chi connectivity index (χ2n) is 6.27. The Kier molecular flexibility index (Phi) is 6.22. The van der Waals surface area contributed by atoms with Gasteiger partial charge in [-0.25, -0.2) is 9.97 Å². The highest BCUT2D eigenvalue weighted by Crippen LogP contribution is 2.20. The number of ether oxygens (including phenoxy) is 1. The second kappa shape index (κ2) is 8.99. The molecule has 0 spiro atoms. The van der Waals surface area contributed by atoms with Gasteiger partial charge >= 0.3 is 0 Å². The zero-order valence-corrected chi connectivity index (χ0v) is 16.3. The molecule has 0 saturated carbocycles. The van der Waals surface area contributed by atoms with E-state index in [4.69, 9.17) is 4.74 Å². The highest BCUT2D eigenvalue weighted by Gasteiger charge is 2.11. The van der Waals surface area contributed by atoms with Gasteiger partial charge in [-0.05, 0) is 62.2 Å². The van der Waals surface area contributed by atoms with Crippen LogP contribution < -0.4 is 15.4 Å². The van der Waals surface area contributed by atoms with Crippen LogP contribution in [-0.2, 0) is 6.42 Å². The summed E-state index contributed by atoms with van der Waals surface area (Å²) in [6.45, 7) is 6.42. The van der Waals surface area contributed by atoms with Crippen molar-refractivity contribution in [1.82, 2.24) is 9.97 Å². The van der Waals surface area contributed by atoms with Crippen molar-refractivity contribution in [3.05, 3.63) is 71.7 Å². The summed E-state index contributed by atoms with van der Waals surface area (Å²) in [4.78, 5) is 21.2. The lowest BCUT2D eigenvalue weighted by molar-refractivity contribution is 0.102. The van der Waals surface area contributed by atoms with Gasteiger partial charge in [-0.1, -0.05) is 19.1 Å². The van der Waals surface area contributed by atoms with Gasteiger partial charge in [0.1, 0.15) is 23.1 Å². The predicted molar refractivity (Wildman–Crippen MR) is 111 cm³/mol. The quantitative estimate of drug-likeness (QED) is 0.623. The molecule has 1 amide bonds. The van der Waals surface area contributed by atoms with Crippen LogP contribution in [0.3, 0.4) is 0 Å². The summed E-state index contributed by atoms with van der Waals surface area (Å²) in [5, 5.41) is 6.08. The van der Waals surface area contributed by atoms with Gasteiger partial charge in [0, 0.05) is 17.4 Å². The Morgan fingerprint density at radius 1 is 0.964 bits per heavy atom. The minimum absolute atomic E-state index is 0.274. The Bertz CT molecular complexity index is 938. The second-order valence-corrected chi connectivity index (χ2v) is 6.27. The average molecular weight is 376 g/mol. The summed E-state index contributed by atoms with van der Waals surface area (Å²) < 4.78 is 5.45. The number of hydrogen-bond donors (Lipinski definition) is 2. The van der Waals surface area contributed by atoms with Crippen molar-refractivity contribution in [2.75, 3.05) is 17.2 Å². The van der Waals surface area contributed by atoms with Crippen molar-refractivity contribution in [3.63, 3.8) is 0 Å². The van der Waals surface area contributed by atoms with Crippen LogP contribution >= 0.6 is 0 Å². The molecule has 0 aliphatic heterocycles. The SMILES string of the molecule is CCOc1ccc(Nc2cc(C(=O)Nc3ccc(CC)cc3)nc(C)n2)cc1. The van der Waals surface area contributed by atoms with Gasteiger partial charge < -0.3 is 15.4 Å². The van der Waals surface area contributed by atoms with Crippen LogP contribution in [0.5, 0.6) is 5.75 Å². The Labute approximate surface area is 165 Å². The van der Waals surface area contributed by atoms with E-state index in [2.05, 4.69) is 27.5 Å². The molecule has 6 heteroatoms. The van der Waals surface area contributed by atoms with Crippen molar-refractivity contribution in [3.8, 4) is 5.75 Å². The van der Waals surface area contributed by atoms with E-state index in [1.807, 2.05) is 55.5 Å². The Morgan fingerprint density at radius 2 is 1.64 bits per heavy atom. The van der Waals surface area contributed by atoms with Gasteiger partial charge in [-0.15, -0.1) is 0 Å². The fourth-order valence-electron chi connectivity index (χ4n) is 2.72. The van der Waals surface area contributed by atoms with Crippen LogP contribution in [0, 0.1) is 6.92 Å². The van der Waals surface area contributed by atoms with Crippen LogP contribution in [0.25, 0.3) is 0 Å². The Balaban J connectivity index is 1.73. The van der Waals surface area contributed by atoms with Crippen molar-refractivity contribution in [1.29, 1.82) is 0 Å². The largest absolute Gasteiger partial charge is 0.494 e. The van der Waals surface area contributed by atoms with E-state index in [0.717, 1.165) is 23.5 Å². The molecule has 3 rings (SSSR count). The number of benzene rings is 2. The van der Waals surface area contributed by atoms with Crippen LogP contribution in [0.4, 0.5) is 17.2 Å². The summed E-state index contributed by atoms with van der Waals surface area (Å²) in [5.41, 5.74) is 3.11. The van der Waals surface area contributed by atoms with E-state index in [-0.39, 0.29) is 5.91 Å². The van der Waals surface area contributed by atoms with E-state index in [0.29, 0.717) is 23.9 Å². The number of carbonyl (C=O) groups is 1. The fraction of sp³-hybridized carbons (Fsp3) is 0.227. The van der Waals surface area contributed by atoms with Crippen molar-refractivity contribution >= 4 is 23.1 Å². The lowest BCUT2D eigenvalue weighted by atomic mass is 10.1. The number of hydrogen-bond acceptors (Lipinski definition) is 5. The van der Waals surface area contributed by atoms with Crippen LogP contribution in [0.2, 0.25) is 0 Å². The molecule has 2 N–H and O–H groups in total. The molecule has 2 aromatic carbocycles. The maximum Gasteiger partial charge on any atom is 0.274 e. The first kappa shape index (κ1) is 19.4. The number of carbonyl (C=O) groups excluding carboxylic acids is 1. The average Bonchev–Trinajstić information content (AvgIpc) is 2.70. The van der Waals surface area contributed by atoms with E-state index >= 15 is 0 Å². The van der Waals surface area contributed by atoms with Crippen LogP contribution in [0.15, 0.2) is 54.6 Å². The number of amides is 1. The van der Waals surface area contributed by atoms with Crippen molar-refractivity contribution in [2.24, 2.45) is 0 Å². The molecule has 1 heterocycles. The fourth-order valence-corrected chi connectivity index (χ4v) is 2.72. The third-order valence-corrected chi connectivity index (χ3v) is 4.13. The highest BCUT2D eigenvalue weighted by atomic mass is 16.5. The van der Waals surface area contributed by atoms with Crippen molar-refractivity contribution < 1.29 is 9.53 Å². The molecule has 0 fully saturated rings. The third-order valence-electron chi connectivity index (χ3n) is 4.13. The molecule has 1 aromatic heterocycles. The molecule has 0 bridgehead atoms. The first-order valence-electron chi connectivity index (χ1n) is 9.33. The van der Waals surface area contributed by atoms with Gasteiger partial charge in [0.15, 0.2) is 0 Å². The van der Waals surface area contributed by atoms with Crippen LogP contribution in [-0.4, -0.2) is 22.5 Å². The third kappa shape index (κ3) is 5.07. The molecular weight excluding hydrogens is 352 g/mol. The maximum absolute atomic E-state index is 12.6. The van der Waals surface area contributed by atoms with Crippen LogP contribution in [0.1, 0.15) is 35.7 Å². The van der Waals surface area contributed by atoms with E-state index in [9.17, 15) is 4.79 Å². The number of anilines is 3. The Hall–Kier alpha value is -3.41. The van der Waals surface area contributed by atoms with E-state index in [1.165, 1.54) is 5.56 Å². The number of aromatic nitrogens is 2. The van der Waals surface area contributed by atoms with Gasteiger partial charge in [-0.2, -0.15) is 0 Å².